The zero-order valence-electron chi connectivity index (χ0n) is 16.1. The maximum absolute atomic E-state index is 12.5. The number of imide groups is 1. The Hall–Kier alpha value is -3.35. The van der Waals surface area contributed by atoms with Crippen LogP contribution in [0.4, 0.5) is 4.79 Å². The molecule has 0 spiro atoms. The van der Waals surface area contributed by atoms with Crippen LogP contribution in [0.15, 0.2) is 54.6 Å². The Balaban J connectivity index is 2.16. The summed E-state index contributed by atoms with van der Waals surface area (Å²) in [5.74, 6) is -0.790. The number of hydrogen-bond donors (Lipinski definition) is 2. The molecule has 148 valence electrons. The molecule has 0 saturated carbocycles. The van der Waals surface area contributed by atoms with Gasteiger partial charge in [0.2, 0.25) is 6.10 Å². The number of carbonyl (C=O) groups excluding carboxylic acids is 3. The van der Waals surface area contributed by atoms with E-state index in [-0.39, 0.29) is 11.7 Å². The van der Waals surface area contributed by atoms with Crippen molar-refractivity contribution in [3.8, 4) is 5.75 Å². The van der Waals surface area contributed by atoms with Crippen molar-refractivity contribution >= 4 is 17.9 Å². The molecule has 0 aliphatic rings. The van der Waals surface area contributed by atoms with Crippen molar-refractivity contribution < 1.29 is 23.9 Å². The van der Waals surface area contributed by atoms with Crippen LogP contribution < -0.4 is 15.4 Å². The number of benzene rings is 2. The van der Waals surface area contributed by atoms with Gasteiger partial charge in [0.15, 0.2) is 0 Å². The molecule has 7 heteroatoms. The molecular weight excluding hydrogens is 360 g/mol. The topological polar surface area (TPSA) is 93.7 Å². The van der Waals surface area contributed by atoms with Crippen molar-refractivity contribution in [2.24, 2.45) is 0 Å². The number of carbonyl (C=O) groups is 3. The highest BCUT2D eigenvalue weighted by atomic mass is 16.5. The molecule has 28 heavy (non-hydrogen) atoms. The van der Waals surface area contributed by atoms with Crippen LogP contribution in [0.1, 0.15) is 42.8 Å². The molecule has 1 atom stereocenters. The van der Waals surface area contributed by atoms with Crippen LogP contribution in [-0.2, 0) is 9.53 Å². The van der Waals surface area contributed by atoms with Crippen LogP contribution in [0.25, 0.3) is 0 Å². The predicted molar refractivity (Wildman–Crippen MR) is 104 cm³/mol. The van der Waals surface area contributed by atoms with Gasteiger partial charge in [-0.25, -0.2) is 9.59 Å². The number of urea groups is 1. The second-order valence-corrected chi connectivity index (χ2v) is 6.24. The maximum Gasteiger partial charge on any atom is 0.339 e. The molecule has 0 bridgehead atoms. The third-order valence-electron chi connectivity index (χ3n) is 3.60. The average Bonchev–Trinajstić information content (AvgIpc) is 2.66. The molecule has 0 aliphatic carbocycles. The first kappa shape index (κ1) is 21.0. The van der Waals surface area contributed by atoms with Gasteiger partial charge in [-0.2, -0.15) is 0 Å². The smallest absolute Gasteiger partial charge is 0.339 e. The SMILES string of the molecule is CCNC(=O)NC(=O)[C@@H](OC(=O)c1ccc(OC(C)C)cc1)c1ccccc1. The van der Waals surface area contributed by atoms with E-state index in [1.165, 1.54) is 0 Å². The summed E-state index contributed by atoms with van der Waals surface area (Å²) in [4.78, 5) is 36.7. The highest BCUT2D eigenvalue weighted by Crippen LogP contribution is 2.21. The molecule has 0 fully saturated rings. The van der Waals surface area contributed by atoms with Crippen molar-refractivity contribution in [2.45, 2.75) is 33.0 Å². The number of hydrogen-bond acceptors (Lipinski definition) is 5. The van der Waals surface area contributed by atoms with Crippen LogP contribution >= 0.6 is 0 Å². The lowest BCUT2D eigenvalue weighted by atomic mass is 10.1. The fourth-order valence-electron chi connectivity index (χ4n) is 2.40. The van der Waals surface area contributed by atoms with E-state index in [1.54, 1.807) is 61.5 Å². The van der Waals surface area contributed by atoms with Gasteiger partial charge in [0.25, 0.3) is 5.91 Å². The van der Waals surface area contributed by atoms with E-state index in [1.807, 2.05) is 13.8 Å². The third kappa shape index (κ3) is 6.12. The molecule has 7 nitrogen and oxygen atoms in total. The van der Waals surface area contributed by atoms with E-state index < -0.39 is 24.0 Å². The lowest BCUT2D eigenvalue weighted by Crippen LogP contribution is -2.42. The molecule has 2 aromatic carbocycles. The summed E-state index contributed by atoms with van der Waals surface area (Å²) >= 11 is 0. The Bertz CT molecular complexity index is 803. The van der Waals surface area contributed by atoms with Crippen molar-refractivity contribution in [2.75, 3.05) is 6.54 Å². The zero-order chi connectivity index (χ0) is 20.5. The van der Waals surface area contributed by atoms with Gasteiger partial charge >= 0.3 is 12.0 Å². The number of rotatable bonds is 7. The quantitative estimate of drug-likeness (QED) is 0.715. The number of amides is 3. The fourth-order valence-corrected chi connectivity index (χ4v) is 2.40. The van der Waals surface area contributed by atoms with E-state index in [4.69, 9.17) is 9.47 Å². The van der Waals surface area contributed by atoms with Gasteiger partial charge in [-0.1, -0.05) is 30.3 Å². The number of nitrogens with one attached hydrogen (secondary N) is 2. The molecule has 3 amide bonds. The average molecular weight is 384 g/mol. The lowest BCUT2D eigenvalue weighted by Gasteiger charge is -2.18. The van der Waals surface area contributed by atoms with Gasteiger partial charge in [-0.05, 0) is 45.0 Å². The van der Waals surface area contributed by atoms with Crippen LogP contribution in [0.2, 0.25) is 0 Å². The van der Waals surface area contributed by atoms with Gasteiger partial charge in [-0.3, -0.25) is 10.1 Å². The molecule has 0 aliphatic heterocycles. The first-order chi connectivity index (χ1) is 13.4. The van der Waals surface area contributed by atoms with Crippen LogP contribution in [0.5, 0.6) is 5.75 Å². The standard InChI is InChI=1S/C21H24N2O5/c1-4-22-21(26)23-19(24)18(15-8-6-5-7-9-15)28-20(25)16-10-12-17(13-11-16)27-14(2)3/h5-14,18H,4H2,1-3H3,(H2,22,23,24,26)/t18-/m0/s1. The minimum atomic E-state index is -1.26. The van der Waals surface area contributed by atoms with Gasteiger partial charge in [0.1, 0.15) is 5.75 Å². The maximum atomic E-state index is 12.5. The summed E-state index contributed by atoms with van der Waals surface area (Å²) in [6.45, 7) is 5.89. The van der Waals surface area contributed by atoms with Gasteiger partial charge in [0.05, 0.1) is 11.7 Å². The van der Waals surface area contributed by atoms with Crippen LogP contribution in [0.3, 0.4) is 0 Å². The third-order valence-corrected chi connectivity index (χ3v) is 3.60. The second-order valence-electron chi connectivity index (χ2n) is 6.24. The first-order valence-corrected chi connectivity index (χ1v) is 9.02. The Kier molecular flexibility index (Phi) is 7.56. The lowest BCUT2D eigenvalue weighted by molar-refractivity contribution is -0.129. The summed E-state index contributed by atoms with van der Waals surface area (Å²) in [5.41, 5.74) is 0.722. The van der Waals surface area contributed by atoms with Crippen molar-refractivity contribution in [1.82, 2.24) is 10.6 Å². The van der Waals surface area contributed by atoms with Crippen LogP contribution in [-0.4, -0.2) is 30.6 Å². The summed E-state index contributed by atoms with van der Waals surface area (Å²) < 4.78 is 11.0. The Morgan fingerprint density at radius 3 is 2.18 bits per heavy atom. The highest BCUT2D eigenvalue weighted by Gasteiger charge is 2.27. The predicted octanol–water partition coefficient (Wildman–Crippen LogP) is 3.22. The normalized spacial score (nSPS) is 11.4. The summed E-state index contributed by atoms with van der Waals surface area (Å²) in [7, 11) is 0. The highest BCUT2D eigenvalue weighted by molar-refractivity contribution is 5.99. The number of esters is 1. The van der Waals surface area contributed by atoms with Gasteiger partial charge in [-0.15, -0.1) is 0 Å². The zero-order valence-corrected chi connectivity index (χ0v) is 16.1. The van der Waals surface area contributed by atoms with Gasteiger partial charge < -0.3 is 14.8 Å². The van der Waals surface area contributed by atoms with E-state index in [0.717, 1.165) is 0 Å². The monoisotopic (exact) mass is 384 g/mol. The van der Waals surface area contributed by atoms with E-state index in [0.29, 0.717) is 17.9 Å². The second kappa shape index (κ2) is 10.1. The van der Waals surface area contributed by atoms with E-state index >= 15 is 0 Å². The molecule has 0 unspecified atom stereocenters. The largest absolute Gasteiger partial charge is 0.491 e. The summed E-state index contributed by atoms with van der Waals surface area (Å²) in [5, 5.41) is 4.64. The number of ether oxygens (including phenoxy) is 2. The van der Waals surface area contributed by atoms with Crippen LogP contribution in [0, 0.1) is 0 Å². The Morgan fingerprint density at radius 1 is 0.964 bits per heavy atom. The summed E-state index contributed by atoms with van der Waals surface area (Å²) in [6, 6.07) is 14.3. The molecule has 2 rings (SSSR count). The first-order valence-electron chi connectivity index (χ1n) is 9.02. The molecule has 2 N–H and O–H groups in total. The van der Waals surface area contributed by atoms with Crippen molar-refractivity contribution in [1.29, 1.82) is 0 Å². The Labute approximate surface area is 164 Å². The minimum absolute atomic E-state index is 0.0122. The Morgan fingerprint density at radius 2 is 1.61 bits per heavy atom. The molecule has 0 radical (unpaired) electrons. The van der Waals surface area contributed by atoms with E-state index in [9.17, 15) is 14.4 Å². The van der Waals surface area contributed by atoms with Crippen molar-refractivity contribution in [3.63, 3.8) is 0 Å². The molecule has 2 aromatic rings. The fraction of sp³-hybridized carbons (Fsp3) is 0.286. The van der Waals surface area contributed by atoms with Gasteiger partial charge in [0, 0.05) is 12.1 Å². The summed E-state index contributed by atoms with van der Waals surface area (Å²) in [6.07, 6.45) is -1.25. The minimum Gasteiger partial charge on any atom is -0.491 e. The molecule has 0 aromatic heterocycles. The van der Waals surface area contributed by atoms with E-state index in [2.05, 4.69) is 10.6 Å². The van der Waals surface area contributed by atoms with Crippen molar-refractivity contribution in [3.05, 3.63) is 65.7 Å². The molecule has 0 heterocycles. The molecular formula is C21H24N2O5. The molecule has 0 saturated heterocycles.